The van der Waals surface area contributed by atoms with Gasteiger partial charge >= 0.3 is 0 Å². The molecule has 0 spiro atoms. The summed E-state index contributed by atoms with van der Waals surface area (Å²) in [5, 5.41) is 2.66. The number of nitrogens with one attached hydrogen (secondary N) is 1. The summed E-state index contributed by atoms with van der Waals surface area (Å²) in [4.78, 5) is 30.0. The molecular weight excluding hydrogens is 413 g/mol. The molecule has 2 amide bonds. The molecule has 0 fully saturated rings. The molecule has 1 atom stereocenters. The highest BCUT2D eigenvalue weighted by molar-refractivity contribution is 5.91. The lowest BCUT2D eigenvalue weighted by Crippen LogP contribution is -2.39. The van der Waals surface area contributed by atoms with Crippen LogP contribution < -0.4 is 10.1 Å². The number of aromatic nitrogens is 1. The Labute approximate surface area is 185 Å². The number of hydrogen-bond donors (Lipinski definition) is 1. The van der Waals surface area contributed by atoms with Gasteiger partial charge < -0.3 is 19.4 Å². The molecule has 0 saturated carbocycles. The minimum Gasteiger partial charge on any atom is -0.484 e. The van der Waals surface area contributed by atoms with E-state index in [1.807, 2.05) is 31.2 Å². The Bertz CT molecular complexity index is 1140. The van der Waals surface area contributed by atoms with E-state index >= 15 is 0 Å². The largest absolute Gasteiger partial charge is 0.484 e. The van der Waals surface area contributed by atoms with Crippen molar-refractivity contribution >= 4 is 11.8 Å². The summed E-state index contributed by atoms with van der Waals surface area (Å²) in [7, 11) is 0. The van der Waals surface area contributed by atoms with E-state index in [0.29, 0.717) is 30.8 Å². The normalized spacial score (nSPS) is 15.2. The maximum absolute atomic E-state index is 13.9. The van der Waals surface area contributed by atoms with Crippen molar-refractivity contribution in [3.05, 3.63) is 82.8 Å². The van der Waals surface area contributed by atoms with E-state index in [1.54, 1.807) is 11.0 Å². The highest BCUT2D eigenvalue weighted by Crippen LogP contribution is 2.37. The fourth-order valence-electron chi connectivity index (χ4n) is 3.94. The van der Waals surface area contributed by atoms with Crippen LogP contribution in [0.5, 0.6) is 5.75 Å². The zero-order valence-electron chi connectivity index (χ0n) is 17.9. The molecule has 32 heavy (non-hydrogen) atoms. The Morgan fingerprint density at radius 1 is 1.28 bits per heavy atom. The molecular formula is C24H24FN3O4. The average molecular weight is 437 g/mol. The zero-order chi connectivity index (χ0) is 22.7. The Balaban J connectivity index is 1.58. The maximum atomic E-state index is 13.9. The predicted octanol–water partition coefficient (Wildman–Crippen LogP) is 3.64. The number of carbonyl (C=O) groups is 2. The van der Waals surface area contributed by atoms with E-state index in [1.165, 1.54) is 25.3 Å². The monoisotopic (exact) mass is 437 g/mol. The van der Waals surface area contributed by atoms with Crippen molar-refractivity contribution in [3.63, 3.8) is 0 Å². The van der Waals surface area contributed by atoms with Crippen LogP contribution in [0.4, 0.5) is 4.39 Å². The third kappa shape index (κ3) is 4.49. The van der Waals surface area contributed by atoms with Crippen molar-refractivity contribution < 1.29 is 23.1 Å². The quantitative estimate of drug-likeness (QED) is 0.637. The first kappa shape index (κ1) is 21.5. The zero-order valence-corrected chi connectivity index (χ0v) is 17.9. The molecule has 0 aliphatic carbocycles. The molecule has 1 aliphatic rings. The van der Waals surface area contributed by atoms with Crippen molar-refractivity contribution in [1.29, 1.82) is 0 Å². The molecule has 0 radical (unpaired) electrons. The van der Waals surface area contributed by atoms with Crippen molar-refractivity contribution in [2.75, 3.05) is 13.1 Å². The minimum atomic E-state index is -0.401. The van der Waals surface area contributed by atoms with Gasteiger partial charge in [0.2, 0.25) is 11.8 Å². The van der Waals surface area contributed by atoms with Gasteiger partial charge in [0.05, 0.1) is 6.04 Å². The fourth-order valence-corrected chi connectivity index (χ4v) is 3.94. The summed E-state index contributed by atoms with van der Waals surface area (Å²) in [6.07, 6.45) is 2.00. The molecule has 2 aromatic carbocycles. The van der Waals surface area contributed by atoms with Crippen LogP contribution in [0.2, 0.25) is 0 Å². The first-order valence-electron chi connectivity index (χ1n) is 10.5. The Hall–Kier alpha value is -3.68. The van der Waals surface area contributed by atoms with E-state index in [4.69, 9.17) is 9.15 Å². The molecule has 4 rings (SSSR count). The topological polar surface area (TPSA) is 84.7 Å². The molecule has 7 nitrogen and oxygen atoms in total. The fraction of sp³-hybridized carbons (Fsp3) is 0.292. The molecule has 0 bridgehead atoms. The molecule has 3 aromatic rings. The summed E-state index contributed by atoms with van der Waals surface area (Å²) < 4.78 is 25.1. The number of fused-ring (bicyclic) bond motifs is 1. The Morgan fingerprint density at radius 2 is 2.12 bits per heavy atom. The highest BCUT2D eigenvalue weighted by Gasteiger charge is 2.31. The van der Waals surface area contributed by atoms with Crippen LogP contribution in [0.3, 0.4) is 0 Å². The first-order valence-corrected chi connectivity index (χ1v) is 10.5. The van der Waals surface area contributed by atoms with Gasteiger partial charge in [0.1, 0.15) is 17.8 Å². The number of rotatable bonds is 6. The SMILES string of the molecule is CCNC(=O)c1coc(COc2ccc3c(c2)C(c2cccc(F)c2)N(C(C)=O)CC3)n1. The number of halogens is 1. The van der Waals surface area contributed by atoms with Gasteiger partial charge in [-0.2, -0.15) is 0 Å². The standard InChI is InChI=1S/C24H24FN3O4/c1-3-26-24(30)21-13-32-22(27-21)14-31-19-8-7-16-9-10-28(15(2)29)23(20(16)12-19)17-5-4-6-18(25)11-17/h4-8,11-13,23H,3,9-10,14H2,1-2H3,(H,26,30). The third-order valence-electron chi connectivity index (χ3n) is 5.40. The van der Waals surface area contributed by atoms with E-state index in [9.17, 15) is 14.0 Å². The van der Waals surface area contributed by atoms with Crippen LogP contribution in [0.25, 0.3) is 0 Å². The Kier molecular flexibility index (Phi) is 6.20. The number of benzene rings is 2. The summed E-state index contributed by atoms with van der Waals surface area (Å²) in [5.41, 5.74) is 2.88. The molecule has 1 aliphatic heterocycles. The number of ether oxygens (including phenoxy) is 1. The number of carbonyl (C=O) groups excluding carboxylic acids is 2. The van der Waals surface area contributed by atoms with Crippen LogP contribution >= 0.6 is 0 Å². The number of oxazole rings is 1. The van der Waals surface area contributed by atoms with Gasteiger partial charge in [-0.1, -0.05) is 18.2 Å². The maximum Gasteiger partial charge on any atom is 0.273 e. The average Bonchev–Trinajstić information content (AvgIpc) is 3.26. The Morgan fingerprint density at radius 3 is 2.88 bits per heavy atom. The van der Waals surface area contributed by atoms with Crippen molar-refractivity contribution in [2.45, 2.75) is 32.9 Å². The van der Waals surface area contributed by atoms with E-state index in [0.717, 1.165) is 11.1 Å². The number of amides is 2. The summed E-state index contributed by atoms with van der Waals surface area (Å²) in [5.74, 6) is 0.106. The van der Waals surface area contributed by atoms with Gasteiger partial charge in [-0.3, -0.25) is 9.59 Å². The molecule has 0 saturated heterocycles. The van der Waals surface area contributed by atoms with E-state index < -0.39 is 6.04 Å². The molecule has 8 heteroatoms. The lowest BCUT2D eigenvalue weighted by molar-refractivity contribution is -0.130. The summed E-state index contributed by atoms with van der Waals surface area (Å²) >= 11 is 0. The van der Waals surface area contributed by atoms with Gasteiger partial charge in [-0.25, -0.2) is 9.37 Å². The van der Waals surface area contributed by atoms with E-state index in [2.05, 4.69) is 10.3 Å². The van der Waals surface area contributed by atoms with Crippen molar-refractivity contribution in [3.8, 4) is 5.75 Å². The van der Waals surface area contributed by atoms with E-state index in [-0.39, 0.29) is 35.8 Å². The van der Waals surface area contributed by atoms with Crippen LogP contribution in [-0.4, -0.2) is 34.8 Å². The second-order valence-electron chi connectivity index (χ2n) is 7.56. The molecule has 1 aromatic heterocycles. The highest BCUT2D eigenvalue weighted by atomic mass is 19.1. The van der Waals surface area contributed by atoms with Gasteiger partial charge in [-0.05, 0) is 54.3 Å². The second kappa shape index (κ2) is 9.21. The summed E-state index contributed by atoms with van der Waals surface area (Å²) in [6.45, 7) is 4.44. The predicted molar refractivity (Wildman–Crippen MR) is 115 cm³/mol. The van der Waals surface area contributed by atoms with Gasteiger partial charge in [0.15, 0.2) is 12.3 Å². The van der Waals surface area contributed by atoms with Crippen molar-refractivity contribution in [1.82, 2.24) is 15.2 Å². The first-order chi connectivity index (χ1) is 15.5. The molecule has 2 heterocycles. The number of nitrogens with zero attached hydrogens (tertiary/aromatic N) is 2. The van der Waals surface area contributed by atoms with Gasteiger partial charge in [0.25, 0.3) is 5.91 Å². The van der Waals surface area contributed by atoms with Crippen LogP contribution in [0.1, 0.15) is 53.0 Å². The van der Waals surface area contributed by atoms with Crippen LogP contribution in [-0.2, 0) is 17.8 Å². The van der Waals surface area contributed by atoms with Gasteiger partial charge in [-0.15, -0.1) is 0 Å². The molecule has 166 valence electrons. The second-order valence-corrected chi connectivity index (χ2v) is 7.56. The lowest BCUT2D eigenvalue weighted by atomic mass is 9.88. The third-order valence-corrected chi connectivity index (χ3v) is 5.40. The molecule has 1 N–H and O–H groups in total. The lowest BCUT2D eigenvalue weighted by Gasteiger charge is -2.37. The van der Waals surface area contributed by atoms with Crippen LogP contribution in [0, 0.1) is 5.82 Å². The van der Waals surface area contributed by atoms with Gasteiger partial charge in [0, 0.05) is 20.0 Å². The number of hydrogen-bond acceptors (Lipinski definition) is 5. The van der Waals surface area contributed by atoms with Crippen LogP contribution in [0.15, 0.2) is 53.1 Å². The summed E-state index contributed by atoms with van der Waals surface area (Å²) in [6, 6.07) is 11.6. The smallest absolute Gasteiger partial charge is 0.273 e. The van der Waals surface area contributed by atoms with Crippen molar-refractivity contribution in [2.24, 2.45) is 0 Å². The minimum absolute atomic E-state index is 0.0409. The molecule has 1 unspecified atom stereocenters.